The number of oxime groups is 1. The molecule has 0 bridgehead atoms. The second-order valence-electron chi connectivity index (χ2n) is 4.13. The van der Waals surface area contributed by atoms with Crippen LogP contribution >= 0.6 is 0 Å². The quantitative estimate of drug-likeness (QED) is 0.429. The molecule has 1 N–H and O–H groups in total. The summed E-state index contributed by atoms with van der Waals surface area (Å²) in [5.74, 6) is 0. The van der Waals surface area contributed by atoms with Crippen molar-refractivity contribution in [3.05, 3.63) is 46.6 Å². The molecule has 0 radical (unpaired) electrons. The smallest absolute Gasteiger partial charge is 0.277 e. The largest absolute Gasteiger partial charge is 0.411 e. The van der Waals surface area contributed by atoms with Gasteiger partial charge in [-0.25, -0.2) is 4.98 Å². The van der Waals surface area contributed by atoms with E-state index in [0.717, 1.165) is 11.0 Å². The Morgan fingerprint density at radius 1 is 1.37 bits per heavy atom. The fraction of sp³-hybridized carbons (Fsp3) is 0.154. The second kappa shape index (κ2) is 4.24. The van der Waals surface area contributed by atoms with Crippen molar-refractivity contribution >= 4 is 22.8 Å². The van der Waals surface area contributed by atoms with E-state index in [0.29, 0.717) is 17.8 Å². The van der Waals surface area contributed by atoms with Crippen LogP contribution in [0.3, 0.4) is 0 Å². The maximum atomic E-state index is 12.5. The summed E-state index contributed by atoms with van der Waals surface area (Å²) < 4.78 is 3.40. The highest BCUT2D eigenvalue weighted by molar-refractivity contribution is 5.89. The van der Waals surface area contributed by atoms with Crippen LogP contribution in [-0.2, 0) is 6.54 Å². The van der Waals surface area contributed by atoms with Crippen molar-refractivity contribution in [3.63, 3.8) is 0 Å². The van der Waals surface area contributed by atoms with E-state index < -0.39 is 0 Å². The molecular formula is C13H12N4O2. The Morgan fingerprint density at radius 2 is 2.11 bits per heavy atom. The summed E-state index contributed by atoms with van der Waals surface area (Å²) in [6.07, 6.45) is 2.74. The second-order valence-corrected chi connectivity index (χ2v) is 4.13. The maximum Gasteiger partial charge on any atom is 0.277 e. The predicted octanol–water partition coefficient (Wildman–Crippen LogP) is 1.48. The van der Waals surface area contributed by atoms with Crippen molar-refractivity contribution in [3.8, 4) is 0 Å². The Labute approximate surface area is 108 Å². The van der Waals surface area contributed by atoms with Gasteiger partial charge in [0, 0.05) is 6.54 Å². The average molecular weight is 256 g/mol. The number of aryl methyl sites for hydroxylation is 1. The molecule has 0 spiro atoms. The first-order chi connectivity index (χ1) is 9.27. The van der Waals surface area contributed by atoms with Crippen molar-refractivity contribution < 1.29 is 5.21 Å². The van der Waals surface area contributed by atoms with E-state index in [1.165, 1.54) is 6.21 Å². The molecule has 0 aliphatic heterocycles. The molecule has 0 unspecified atom stereocenters. The van der Waals surface area contributed by atoms with Gasteiger partial charge in [0.05, 0.1) is 17.2 Å². The molecule has 1 aromatic carbocycles. The van der Waals surface area contributed by atoms with Crippen LogP contribution in [0.15, 0.2) is 40.5 Å². The lowest BCUT2D eigenvalue weighted by atomic mass is 10.2. The summed E-state index contributed by atoms with van der Waals surface area (Å²) >= 11 is 0. The third-order valence-corrected chi connectivity index (χ3v) is 3.17. The molecule has 19 heavy (non-hydrogen) atoms. The number of para-hydroxylation sites is 2. The molecule has 3 rings (SSSR count). The number of hydrogen-bond acceptors (Lipinski definition) is 4. The van der Waals surface area contributed by atoms with E-state index in [2.05, 4.69) is 10.1 Å². The molecule has 0 amide bonds. The minimum absolute atomic E-state index is 0.145. The molecule has 2 heterocycles. The first-order valence-electron chi connectivity index (χ1n) is 5.94. The van der Waals surface area contributed by atoms with Crippen LogP contribution in [0, 0.1) is 0 Å². The number of rotatable bonds is 2. The van der Waals surface area contributed by atoms with Gasteiger partial charge in [0.25, 0.3) is 5.56 Å². The Bertz CT molecular complexity index is 845. The van der Waals surface area contributed by atoms with Gasteiger partial charge in [-0.3, -0.25) is 9.20 Å². The highest BCUT2D eigenvalue weighted by atomic mass is 16.4. The Morgan fingerprint density at radius 3 is 2.79 bits per heavy atom. The van der Waals surface area contributed by atoms with Gasteiger partial charge < -0.3 is 9.77 Å². The standard InChI is InChI=1S/C13H12N4O2/c1-2-16-10-5-3-4-6-11(10)17-8-14-9(7-15-19)12(17)13(16)18/h3-8,19H,2H2,1H3. The molecule has 2 aromatic heterocycles. The van der Waals surface area contributed by atoms with Crippen molar-refractivity contribution in [2.24, 2.45) is 5.16 Å². The van der Waals surface area contributed by atoms with Gasteiger partial charge in [-0.2, -0.15) is 0 Å². The van der Waals surface area contributed by atoms with E-state index in [9.17, 15) is 4.79 Å². The van der Waals surface area contributed by atoms with Gasteiger partial charge in [0.2, 0.25) is 0 Å². The van der Waals surface area contributed by atoms with Crippen LogP contribution in [0.25, 0.3) is 16.6 Å². The summed E-state index contributed by atoms with van der Waals surface area (Å²) in [5, 5.41) is 11.6. The van der Waals surface area contributed by atoms with Crippen LogP contribution < -0.4 is 5.56 Å². The Balaban J connectivity index is 2.60. The Kier molecular flexibility index (Phi) is 2.56. The minimum atomic E-state index is -0.145. The van der Waals surface area contributed by atoms with Gasteiger partial charge in [-0.1, -0.05) is 17.3 Å². The number of benzene rings is 1. The van der Waals surface area contributed by atoms with Crippen LogP contribution in [0.5, 0.6) is 0 Å². The van der Waals surface area contributed by atoms with Gasteiger partial charge >= 0.3 is 0 Å². The molecule has 0 saturated heterocycles. The lowest BCUT2D eigenvalue weighted by Crippen LogP contribution is -2.22. The number of nitrogens with zero attached hydrogens (tertiary/aromatic N) is 4. The fourth-order valence-corrected chi connectivity index (χ4v) is 2.35. The summed E-state index contributed by atoms with van der Waals surface area (Å²) in [7, 11) is 0. The lowest BCUT2D eigenvalue weighted by molar-refractivity contribution is 0.322. The van der Waals surface area contributed by atoms with Gasteiger partial charge in [-0.15, -0.1) is 0 Å². The molecule has 96 valence electrons. The fourth-order valence-electron chi connectivity index (χ4n) is 2.35. The van der Waals surface area contributed by atoms with Crippen molar-refractivity contribution in [1.29, 1.82) is 0 Å². The van der Waals surface area contributed by atoms with Gasteiger partial charge in [-0.05, 0) is 19.1 Å². The van der Waals surface area contributed by atoms with Crippen LogP contribution in [0.2, 0.25) is 0 Å². The highest BCUT2D eigenvalue weighted by Crippen LogP contribution is 2.15. The zero-order chi connectivity index (χ0) is 13.4. The number of imidazole rings is 1. The molecule has 0 fully saturated rings. The predicted molar refractivity (Wildman–Crippen MR) is 72.0 cm³/mol. The first kappa shape index (κ1) is 11.5. The minimum Gasteiger partial charge on any atom is -0.411 e. The summed E-state index contributed by atoms with van der Waals surface area (Å²) in [5.41, 5.74) is 2.38. The molecule has 6 heteroatoms. The van der Waals surface area contributed by atoms with Crippen LogP contribution in [0.1, 0.15) is 12.6 Å². The van der Waals surface area contributed by atoms with E-state index in [1.54, 1.807) is 15.3 Å². The number of fused-ring (bicyclic) bond motifs is 3. The molecule has 0 atom stereocenters. The third kappa shape index (κ3) is 1.53. The van der Waals surface area contributed by atoms with Gasteiger partial charge in [0.15, 0.2) is 0 Å². The van der Waals surface area contributed by atoms with Crippen molar-refractivity contribution in [1.82, 2.24) is 14.0 Å². The zero-order valence-electron chi connectivity index (χ0n) is 10.3. The van der Waals surface area contributed by atoms with Crippen molar-refractivity contribution in [2.45, 2.75) is 13.5 Å². The summed E-state index contributed by atoms with van der Waals surface area (Å²) in [6, 6.07) is 7.63. The van der Waals surface area contributed by atoms with E-state index >= 15 is 0 Å². The van der Waals surface area contributed by atoms with E-state index in [4.69, 9.17) is 5.21 Å². The molecule has 0 saturated carbocycles. The van der Waals surface area contributed by atoms with E-state index in [-0.39, 0.29) is 5.56 Å². The molecule has 3 aromatic rings. The maximum absolute atomic E-state index is 12.5. The Hall–Kier alpha value is -2.63. The average Bonchev–Trinajstić information content (AvgIpc) is 2.84. The SMILES string of the molecule is CCn1c(=O)c2c(C=NO)ncn2c2ccccc21. The van der Waals surface area contributed by atoms with Crippen molar-refractivity contribution in [2.75, 3.05) is 0 Å². The molecule has 0 aliphatic carbocycles. The third-order valence-electron chi connectivity index (χ3n) is 3.17. The van der Waals surface area contributed by atoms with Crippen LogP contribution in [0.4, 0.5) is 0 Å². The lowest BCUT2D eigenvalue weighted by Gasteiger charge is -2.09. The zero-order valence-corrected chi connectivity index (χ0v) is 10.3. The number of hydrogen-bond donors (Lipinski definition) is 1. The van der Waals surface area contributed by atoms with E-state index in [1.807, 2.05) is 31.2 Å². The molecular weight excluding hydrogens is 244 g/mol. The summed E-state index contributed by atoms with van der Waals surface area (Å²) in [6.45, 7) is 2.48. The molecule has 6 nitrogen and oxygen atoms in total. The summed E-state index contributed by atoms with van der Waals surface area (Å²) in [4.78, 5) is 16.6. The number of aromatic nitrogens is 3. The topological polar surface area (TPSA) is 71.9 Å². The van der Waals surface area contributed by atoms with Crippen LogP contribution in [-0.4, -0.2) is 25.4 Å². The molecule has 0 aliphatic rings. The first-order valence-corrected chi connectivity index (χ1v) is 5.94. The monoisotopic (exact) mass is 256 g/mol. The normalized spacial score (nSPS) is 11.8. The highest BCUT2D eigenvalue weighted by Gasteiger charge is 2.13. The van der Waals surface area contributed by atoms with Gasteiger partial charge in [0.1, 0.15) is 17.5 Å².